The predicted octanol–water partition coefficient (Wildman–Crippen LogP) is 2.56. The van der Waals surface area contributed by atoms with Gasteiger partial charge in [-0.15, -0.1) is 11.3 Å². The lowest BCUT2D eigenvalue weighted by molar-refractivity contribution is 0.612. The largest absolute Gasteiger partial charge is 0.330 e. The quantitative estimate of drug-likeness (QED) is 0.877. The lowest BCUT2D eigenvalue weighted by Crippen LogP contribution is -2.24. The number of thiophene rings is 1. The number of nitrogens with one attached hydrogen (secondary N) is 1. The summed E-state index contributed by atoms with van der Waals surface area (Å²) < 4.78 is 3.38. The molecule has 2 aromatic heterocycles. The molecule has 0 radical (unpaired) electrons. The molecule has 0 unspecified atom stereocenters. The highest BCUT2D eigenvalue weighted by atomic mass is 79.9. The van der Waals surface area contributed by atoms with E-state index in [1.165, 1.54) is 16.3 Å². The Morgan fingerprint density at radius 2 is 2.38 bits per heavy atom. The fraction of sp³-hybridized carbons (Fsp3) is 0.364. The number of imidazole rings is 1. The Kier molecular flexibility index (Phi) is 2.61. The maximum Gasteiger partial charge on any atom is 0.150 e. The third-order valence-electron chi connectivity index (χ3n) is 2.92. The van der Waals surface area contributed by atoms with Crippen molar-refractivity contribution in [3.63, 3.8) is 0 Å². The van der Waals surface area contributed by atoms with Crippen LogP contribution in [0.3, 0.4) is 0 Å². The van der Waals surface area contributed by atoms with Crippen LogP contribution in [-0.4, -0.2) is 16.1 Å². The Morgan fingerprint density at radius 1 is 1.50 bits per heavy atom. The van der Waals surface area contributed by atoms with Gasteiger partial charge >= 0.3 is 0 Å². The zero-order valence-corrected chi connectivity index (χ0v) is 11.4. The second-order valence-corrected chi connectivity index (χ2v) is 6.38. The molecule has 0 fully saturated rings. The van der Waals surface area contributed by atoms with Crippen LogP contribution in [0.25, 0.3) is 10.7 Å². The smallest absolute Gasteiger partial charge is 0.150 e. The van der Waals surface area contributed by atoms with Crippen molar-refractivity contribution in [2.75, 3.05) is 6.54 Å². The van der Waals surface area contributed by atoms with Gasteiger partial charge in [-0.3, -0.25) is 0 Å². The summed E-state index contributed by atoms with van der Waals surface area (Å²) in [5, 5.41) is 3.36. The van der Waals surface area contributed by atoms with Gasteiger partial charge in [-0.25, -0.2) is 4.98 Å². The van der Waals surface area contributed by atoms with Gasteiger partial charge in [-0.1, -0.05) is 0 Å². The van der Waals surface area contributed by atoms with Gasteiger partial charge < -0.3 is 9.88 Å². The standard InChI is InChI=1S/C11H12BrN3S/c1-15-8-4-5-13-6-7(8)14-11(15)9-2-3-10(12)16-9/h2-3,13H,4-6H2,1H3. The van der Waals surface area contributed by atoms with Gasteiger partial charge in [0.2, 0.25) is 0 Å². The number of hydrogen-bond acceptors (Lipinski definition) is 3. The van der Waals surface area contributed by atoms with Crippen LogP contribution in [0.1, 0.15) is 11.4 Å². The van der Waals surface area contributed by atoms with E-state index in [-0.39, 0.29) is 0 Å². The summed E-state index contributed by atoms with van der Waals surface area (Å²) in [5.41, 5.74) is 2.58. The van der Waals surface area contributed by atoms with Gasteiger partial charge in [-0.05, 0) is 28.1 Å². The van der Waals surface area contributed by atoms with Gasteiger partial charge in [0.15, 0.2) is 0 Å². The number of hydrogen-bond donors (Lipinski definition) is 1. The molecule has 0 saturated carbocycles. The number of fused-ring (bicyclic) bond motifs is 1. The summed E-state index contributed by atoms with van der Waals surface area (Å²) in [6, 6.07) is 4.20. The second-order valence-electron chi connectivity index (χ2n) is 3.92. The van der Waals surface area contributed by atoms with E-state index in [4.69, 9.17) is 4.98 Å². The van der Waals surface area contributed by atoms with Crippen LogP contribution in [-0.2, 0) is 20.0 Å². The highest BCUT2D eigenvalue weighted by Gasteiger charge is 2.18. The molecule has 5 heteroatoms. The van der Waals surface area contributed by atoms with Crippen LogP contribution in [0.15, 0.2) is 15.9 Å². The maximum atomic E-state index is 4.72. The topological polar surface area (TPSA) is 29.9 Å². The van der Waals surface area contributed by atoms with E-state index in [0.717, 1.165) is 29.1 Å². The van der Waals surface area contributed by atoms with Crippen LogP contribution in [0.5, 0.6) is 0 Å². The molecule has 84 valence electrons. The molecule has 1 aliphatic rings. The van der Waals surface area contributed by atoms with Crippen LogP contribution < -0.4 is 5.32 Å². The van der Waals surface area contributed by atoms with E-state index in [1.807, 2.05) is 0 Å². The van der Waals surface area contributed by atoms with Gasteiger partial charge in [0.1, 0.15) is 5.82 Å². The van der Waals surface area contributed by atoms with Crippen molar-refractivity contribution in [1.82, 2.24) is 14.9 Å². The molecule has 0 atom stereocenters. The average Bonchev–Trinajstić information content (AvgIpc) is 2.84. The molecule has 2 aromatic rings. The van der Waals surface area contributed by atoms with Gasteiger partial charge in [0, 0.05) is 32.3 Å². The van der Waals surface area contributed by atoms with Crippen LogP contribution in [0.2, 0.25) is 0 Å². The third-order valence-corrected chi connectivity index (χ3v) is 4.54. The SMILES string of the molecule is Cn1c(-c2ccc(Br)s2)nc2c1CCNC2. The molecule has 0 spiro atoms. The Balaban J connectivity index is 2.11. The molecular weight excluding hydrogens is 286 g/mol. The molecule has 0 saturated heterocycles. The lowest BCUT2D eigenvalue weighted by atomic mass is 10.2. The van der Waals surface area contributed by atoms with Crippen LogP contribution in [0, 0.1) is 0 Å². The molecule has 0 bridgehead atoms. The van der Waals surface area contributed by atoms with Gasteiger partial charge in [0.25, 0.3) is 0 Å². The Labute approximate surface area is 107 Å². The van der Waals surface area contributed by atoms with Crippen LogP contribution in [0.4, 0.5) is 0 Å². The Hall–Kier alpha value is -0.650. The summed E-state index contributed by atoms with van der Waals surface area (Å²) in [6.45, 7) is 1.95. The van der Waals surface area contributed by atoms with Gasteiger partial charge in [0.05, 0.1) is 14.4 Å². The van der Waals surface area contributed by atoms with Crippen molar-refractivity contribution in [1.29, 1.82) is 0 Å². The first-order valence-electron chi connectivity index (χ1n) is 5.26. The number of halogens is 1. The van der Waals surface area contributed by atoms with Crippen molar-refractivity contribution in [3.05, 3.63) is 27.3 Å². The summed E-state index contributed by atoms with van der Waals surface area (Å²) in [4.78, 5) is 5.95. The van der Waals surface area contributed by atoms with Gasteiger partial charge in [-0.2, -0.15) is 0 Å². The fourth-order valence-electron chi connectivity index (χ4n) is 2.11. The molecule has 0 aromatic carbocycles. The number of rotatable bonds is 1. The van der Waals surface area contributed by atoms with E-state index < -0.39 is 0 Å². The van der Waals surface area contributed by atoms with E-state index in [9.17, 15) is 0 Å². The minimum absolute atomic E-state index is 0.899. The molecule has 16 heavy (non-hydrogen) atoms. The van der Waals surface area contributed by atoms with Crippen molar-refractivity contribution in [2.45, 2.75) is 13.0 Å². The predicted molar refractivity (Wildman–Crippen MR) is 69.6 cm³/mol. The second kappa shape index (κ2) is 3.98. The number of nitrogens with zero attached hydrogens (tertiary/aromatic N) is 2. The van der Waals surface area contributed by atoms with Crippen molar-refractivity contribution >= 4 is 27.3 Å². The molecule has 3 rings (SSSR count). The van der Waals surface area contributed by atoms with E-state index in [1.54, 1.807) is 11.3 Å². The van der Waals surface area contributed by atoms with E-state index >= 15 is 0 Å². The number of aromatic nitrogens is 2. The first-order chi connectivity index (χ1) is 7.75. The highest BCUT2D eigenvalue weighted by molar-refractivity contribution is 9.11. The highest BCUT2D eigenvalue weighted by Crippen LogP contribution is 2.32. The average molecular weight is 298 g/mol. The summed E-state index contributed by atoms with van der Waals surface area (Å²) in [6.07, 6.45) is 1.07. The third kappa shape index (κ3) is 1.63. The minimum Gasteiger partial charge on any atom is -0.330 e. The molecule has 3 nitrogen and oxygen atoms in total. The molecule has 1 aliphatic heterocycles. The minimum atomic E-state index is 0.899. The summed E-state index contributed by atoms with van der Waals surface area (Å²) in [5.74, 6) is 1.09. The molecule has 1 N–H and O–H groups in total. The summed E-state index contributed by atoms with van der Waals surface area (Å²) >= 11 is 5.23. The van der Waals surface area contributed by atoms with Crippen LogP contribution >= 0.6 is 27.3 Å². The summed E-state index contributed by atoms with van der Waals surface area (Å²) in [7, 11) is 2.11. The van der Waals surface area contributed by atoms with Crippen molar-refractivity contribution < 1.29 is 0 Å². The zero-order chi connectivity index (χ0) is 11.1. The zero-order valence-electron chi connectivity index (χ0n) is 8.96. The van der Waals surface area contributed by atoms with E-state index in [0.29, 0.717) is 0 Å². The van der Waals surface area contributed by atoms with Crippen molar-refractivity contribution in [2.24, 2.45) is 7.05 Å². The normalized spacial score (nSPS) is 15.1. The Morgan fingerprint density at radius 3 is 3.06 bits per heavy atom. The molecular formula is C11H12BrN3S. The lowest BCUT2D eigenvalue weighted by Gasteiger charge is -2.12. The van der Waals surface area contributed by atoms with Crippen molar-refractivity contribution in [3.8, 4) is 10.7 Å². The Bertz CT molecular complexity index is 529. The fourth-order valence-corrected chi connectivity index (χ4v) is 3.52. The molecule has 0 aliphatic carbocycles. The molecule has 3 heterocycles. The molecule has 0 amide bonds. The first kappa shape index (κ1) is 10.5. The maximum absolute atomic E-state index is 4.72. The van der Waals surface area contributed by atoms with E-state index in [2.05, 4.69) is 45.0 Å². The first-order valence-corrected chi connectivity index (χ1v) is 6.87. The monoisotopic (exact) mass is 297 g/mol.